The zero-order valence-corrected chi connectivity index (χ0v) is 21.0. The van der Waals surface area contributed by atoms with Gasteiger partial charge >= 0.3 is 0 Å². The molecule has 0 spiro atoms. The van der Waals surface area contributed by atoms with Gasteiger partial charge in [-0.1, -0.05) is 60.4 Å². The van der Waals surface area contributed by atoms with E-state index in [4.69, 9.17) is 16.0 Å². The van der Waals surface area contributed by atoms with Crippen LogP contribution in [0.5, 0.6) is 0 Å². The van der Waals surface area contributed by atoms with Gasteiger partial charge in [0.2, 0.25) is 0 Å². The highest BCUT2D eigenvalue weighted by Crippen LogP contribution is 2.71. The van der Waals surface area contributed by atoms with Crippen LogP contribution in [0.2, 0.25) is 24.7 Å². The van der Waals surface area contributed by atoms with Crippen molar-refractivity contribution in [3.63, 3.8) is 0 Å². The lowest BCUT2D eigenvalue weighted by Crippen LogP contribution is -2.61. The van der Waals surface area contributed by atoms with Crippen LogP contribution >= 0.6 is 27.5 Å². The van der Waals surface area contributed by atoms with Crippen LogP contribution in [0, 0.1) is 16.7 Å². The number of hydrogen-bond donors (Lipinski definition) is 1. The number of aliphatic hydroxyl groups is 1. The third-order valence-corrected chi connectivity index (χ3v) is 9.61. The Balaban J connectivity index is 2.00. The average Bonchev–Trinajstić information content (AvgIpc) is 2.91. The van der Waals surface area contributed by atoms with Crippen LogP contribution in [0.15, 0.2) is 24.3 Å². The topological polar surface area (TPSA) is 46.5 Å². The summed E-state index contributed by atoms with van der Waals surface area (Å²) in [7, 11) is -2.01. The van der Waals surface area contributed by atoms with E-state index in [0.29, 0.717) is 16.5 Å². The van der Waals surface area contributed by atoms with Crippen molar-refractivity contribution in [2.75, 3.05) is 0 Å². The molecule has 2 fully saturated rings. The summed E-state index contributed by atoms with van der Waals surface area (Å²) < 4.78 is 6.77. The average molecular weight is 488 g/mol. The van der Waals surface area contributed by atoms with Gasteiger partial charge < -0.3 is 9.53 Å². The summed E-state index contributed by atoms with van der Waals surface area (Å²) in [6.07, 6.45) is 1.92. The van der Waals surface area contributed by atoms with Gasteiger partial charge in [-0.3, -0.25) is 4.79 Å². The third-order valence-electron chi connectivity index (χ3n) is 7.48. The van der Waals surface area contributed by atoms with Crippen molar-refractivity contribution in [2.45, 2.75) is 76.2 Å². The number of halogens is 2. The van der Waals surface area contributed by atoms with Gasteiger partial charge in [-0.25, -0.2) is 0 Å². The predicted octanol–water partition coefficient (Wildman–Crippen LogP) is 6.14. The molecule has 0 aliphatic heterocycles. The number of carbonyl (C=O) groups is 1. The highest BCUT2D eigenvalue weighted by molar-refractivity contribution is 9.10. The summed E-state index contributed by atoms with van der Waals surface area (Å²) in [5.74, 6) is 0.445. The molecule has 5 atom stereocenters. The maximum absolute atomic E-state index is 14.0. The Hall–Kier alpha value is -0.203. The molecule has 0 amide bonds. The number of benzene rings is 1. The minimum atomic E-state index is -2.01. The van der Waals surface area contributed by atoms with Gasteiger partial charge in [-0.15, -0.1) is 0 Å². The molecule has 1 aromatic carbocycles. The molecule has 28 heavy (non-hydrogen) atoms. The number of rotatable bonds is 6. The molecule has 1 aromatic rings. The van der Waals surface area contributed by atoms with E-state index >= 15 is 0 Å². The Morgan fingerprint density at radius 2 is 1.82 bits per heavy atom. The monoisotopic (exact) mass is 486 g/mol. The zero-order chi connectivity index (χ0) is 21.1. The van der Waals surface area contributed by atoms with Gasteiger partial charge in [-0.05, 0) is 67.9 Å². The molecule has 0 saturated heterocycles. The van der Waals surface area contributed by atoms with E-state index in [-0.39, 0.29) is 16.6 Å². The standard InChI is InChI=1S/C22H32BrClO3Si/c1-20(2)15-11-12-21(20,3)22(13-15,27-28(4,5)6)19(26)17(23)18(25)14-7-9-16(24)10-8-14/h7-10,15,17-18,25H,11-13H2,1-6H3/t15?,17?,18?,21-,22?/m1/s1. The normalized spacial score (nSPS) is 33.7. The Morgan fingerprint density at radius 1 is 1.25 bits per heavy atom. The molecule has 2 bridgehead atoms. The molecule has 2 aliphatic rings. The SMILES string of the molecule is CC1(C)C2CC[C@@]1(C)C(O[Si](C)(C)C)(C(=O)C(Br)C(O)c1ccc(Cl)cc1)C2. The van der Waals surface area contributed by atoms with Gasteiger partial charge in [0.15, 0.2) is 14.1 Å². The number of ketones is 1. The van der Waals surface area contributed by atoms with Gasteiger partial charge in [0.1, 0.15) is 10.4 Å². The third kappa shape index (κ3) is 3.35. The van der Waals surface area contributed by atoms with Gasteiger partial charge in [0, 0.05) is 10.4 Å². The van der Waals surface area contributed by atoms with Crippen LogP contribution in [0.4, 0.5) is 0 Å². The number of Topliss-reactive ketones (excluding diaryl/α,β-unsaturated/α-hetero) is 1. The smallest absolute Gasteiger partial charge is 0.185 e. The molecule has 2 aliphatic carbocycles. The van der Waals surface area contributed by atoms with Gasteiger partial charge in [-0.2, -0.15) is 0 Å². The first kappa shape index (κ1) is 22.5. The van der Waals surface area contributed by atoms with Crippen molar-refractivity contribution in [1.82, 2.24) is 0 Å². The molecular formula is C22H32BrClO3Si. The second-order valence-electron chi connectivity index (χ2n) is 10.3. The number of aliphatic hydroxyl groups excluding tert-OH is 1. The van der Waals surface area contributed by atoms with Crippen molar-refractivity contribution >= 4 is 41.6 Å². The highest BCUT2D eigenvalue weighted by atomic mass is 79.9. The van der Waals surface area contributed by atoms with Gasteiger partial charge in [0.25, 0.3) is 0 Å². The van der Waals surface area contributed by atoms with E-state index < -0.39 is 24.8 Å². The lowest BCUT2D eigenvalue weighted by molar-refractivity contribution is -0.152. The van der Waals surface area contributed by atoms with Crippen molar-refractivity contribution in [1.29, 1.82) is 0 Å². The number of alkyl halides is 1. The lowest BCUT2D eigenvalue weighted by Gasteiger charge is -2.51. The molecule has 3 nitrogen and oxygen atoms in total. The molecule has 156 valence electrons. The Labute approximate surface area is 183 Å². The van der Waals surface area contributed by atoms with E-state index in [1.165, 1.54) is 0 Å². The molecule has 6 heteroatoms. The van der Waals surface area contributed by atoms with Crippen LogP contribution in [0.1, 0.15) is 51.7 Å². The summed E-state index contributed by atoms with van der Waals surface area (Å²) in [5.41, 5.74) is -0.394. The minimum Gasteiger partial charge on any atom is -0.404 e. The van der Waals surface area contributed by atoms with Crippen LogP contribution in [0.3, 0.4) is 0 Å². The van der Waals surface area contributed by atoms with E-state index in [2.05, 4.69) is 56.3 Å². The maximum atomic E-state index is 14.0. The molecule has 4 unspecified atom stereocenters. The first-order chi connectivity index (χ1) is 12.8. The minimum absolute atomic E-state index is 0.0184. The van der Waals surface area contributed by atoms with Crippen LogP contribution < -0.4 is 0 Å². The number of fused-ring (bicyclic) bond motifs is 2. The van der Waals surface area contributed by atoms with Crippen molar-refractivity contribution < 1.29 is 14.3 Å². The Bertz CT molecular complexity index is 760. The molecule has 2 saturated carbocycles. The second kappa shape index (κ2) is 7.19. The fourth-order valence-corrected chi connectivity index (χ4v) is 7.80. The van der Waals surface area contributed by atoms with E-state index in [1.807, 2.05) is 0 Å². The van der Waals surface area contributed by atoms with Crippen molar-refractivity contribution in [2.24, 2.45) is 16.7 Å². The highest BCUT2D eigenvalue weighted by Gasteiger charge is 2.73. The molecule has 0 aromatic heterocycles. The maximum Gasteiger partial charge on any atom is 0.185 e. The molecule has 1 N–H and O–H groups in total. The van der Waals surface area contributed by atoms with E-state index in [9.17, 15) is 9.90 Å². The van der Waals surface area contributed by atoms with Crippen molar-refractivity contribution in [3.05, 3.63) is 34.9 Å². The predicted molar refractivity (Wildman–Crippen MR) is 121 cm³/mol. The van der Waals surface area contributed by atoms with Gasteiger partial charge in [0.05, 0.1) is 6.10 Å². The Morgan fingerprint density at radius 3 is 2.25 bits per heavy atom. The molecule has 3 rings (SSSR count). The summed E-state index contributed by atoms with van der Waals surface area (Å²) in [4.78, 5) is 13.2. The number of hydrogen-bond acceptors (Lipinski definition) is 3. The lowest BCUT2D eigenvalue weighted by atomic mass is 9.62. The van der Waals surface area contributed by atoms with E-state index in [1.54, 1.807) is 24.3 Å². The fraction of sp³-hybridized carbons (Fsp3) is 0.682. The summed E-state index contributed by atoms with van der Waals surface area (Å²) >= 11 is 9.53. The molecule has 0 radical (unpaired) electrons. The first-order valence-corrected chi connectivity index (χ1v) is 14.8. The summed E-state index contributed by atoms with van der Waals surface area (Å²) in [6.45, 7) is 13.2. The summed E-state index contributed by atoms with van der Waals surface area (Å²) in [6, 6.07) is 7.02. The molecule has 0 heterocycles. The Kier molecular flexibility index (Phi) is 5.77. The zero-order valence-electron chi connectivity index (χ0n) is 17.7. The quantitative estimate of drug-likeness (QED) is 0.387. The first-order valence-electron chi connectivity index (χ1n) is 10.1. The van der Waals surface area contributed by atoms with Crippen LogP contribution in [-0.4, -0.2) is 29.6 Å². The number of carbonyl (C=O) groups excluding carboxylic acids is 1. The summed E-state index contributed by atoms with van der Waals surface area (Å²) in [5, 5.41) is 11.6. The fourth-order valence-electron chi connectivity index (χ4n) is 5.54. The largest absolute Gasteiger partial charge is 0.404 e. The van der Waals surface area contributed by atoms with Crippen LogP contribution in [0.25, 0.3) is 0 Å². The van der Waals surface area contributed by atoms with Crippen molar-refractivity contribution in [3.8, 4) is 0 Å². The molecular weight excluding hydrogens is 456 g/mol. The van der Waals surface area contributed by atoms with Crippen LogP contribution in [-0.2, 0) is 9.22 Å². The van der Waals surface area contributed by atoms with E-state index in [0.717, 1.165) is 19.3 Å². The second-order valence-corrected chi connectivity index (χ2v) is 16.1.